The number of carboxylic acids is 1. The molecule has 1 fully saturated rings. The van der Waals surface area contributed by atoms with Gasteiger partial charge in [0.05, 0.1) is 17.6 Å². The molecule has 1 aliphatic rings. The van der Waals surface area contributed by atoms with Gasteiger partial charge >= 0.3 is 5.97 Å². The third-order valence-electron chi connectivity index (χ3n) is 3.11. The van der Waals surface area contributed by atoms with Gasteiger partial charge in [-0.05, 0) is 0 Å². The predicted octanol–water partition coefficient (Wildman–Crippen LogP) is 0.296. The number of amides is 1. The molecule has 0 spiro atoms. The van der Waals surface area contributed by atoms with Crippen molar-refractivity contribution in [2.24, 2.45) is 0 Å². The number of carbonyl (C=O) groups is 2. The van der Waals surface area contributed by atoms with Gasteiger partial charge in [-0.3, -0.25) is 19.6 Å². The highest BCUT2D eigenvalue weighted by Crippen LogP contribution is 2.15. The lowest BCUT2D eigenvalue weighted by atomic mass is 10.2. The van der Waals surface area contributed by atoms with Crippen molar-refractivity contribution in [3.8, 4) is 0 Å². The van der Waals surface area contributed by atoms with Crippen molar-refractivity contribution < 1.29 is 14.7 Å². The number of aromatic amines is 1. The molecule has 1 aromatic rings. The zero-order chi connectivity index (χ0) is 13.8. The summed E-state index contributed by atoms with van der Waals surface area (Å²) >= 11 is 5.85. The Balaban J connectivity index is 1.85. The molecule has 1 saturated heterocycles. The van der Waals surface area contributed by atoms with Gasteiger partial charge in [-0.15, -0.1) is 0 Å². The number of halogens is 1. The molecule has 0 aromatic carbocycles. The average molecular weight is 287 g/mol. The molecule has 19 heavy (non-hydrogen) atoms. The van der Waals surface area contributed by atoms with E-state index in [-0.39, 0.29) is 12.3 Å². The maximum Gasteiger partial charge on any atom is 0.304 e. The summed E-state index contributed by atoms with van der Waals surface area (Å²) in [5.74, 6) is -0.969. The van der Waals surface area contributed by atoms with Gasteiger partial charge in [0.25, 0.3) is 5.91 Å². The van der Waals surface area contributed by atoms with Crippen LogP contribution in [0.15, 0.2) is 6.20 Å². The maximum atomic E-state index is 12.1. The fraction of sp³-hybridized carbons (Fsp3) is 0.545. The minimum atomic E-state index is -0.803. The van der Waals surface area contributed by atoms with Gasteiger partial charge in [0, 0.05) is 32.7 Å². The fourth-order valence-electron chi connectivity index (χ4n) is 2.01. The number of nitrogens with zero attached hydrogens (tertiary/aromatic N) is 3. The number of hydrogen-bond acceptors (Lipinski definition) is 4. The van der Waals surface area contributed by atoms with Crippen LogP contribution in [-0.4, -0.2) is 69.7 Å². The van der Waals surface area contributed by atoms with Crippen LogP contribution in [0, 0.1) is 0 Å². The van der Waals surface area contributed by atoms with E-state index in [4.69, 9.17) is 16.7 Å². The van der Waals surface area contributed by atoms with Gasteiger partial charge in [-0.2, -0.15) is 5.10 Å². The van der Waals surface area contributed by atoms with Gasteiger partial charge < -0.3 is 10.0 Å². The molecule has 2 heterocycles. The Morgan fingerprint density at radius 1 is 1.37 bits per heavy atom. The molecule has 1 amide bonds. The molecule has 0 bridgehead atoms. The van der Waals surface area contributed by atoms with Crippen LogP contribution in [0.1, 0.15) is 16.9 Å². The number of H-pyrrole nitrogens is 1. The highest BCUT2D eigenvalue weighted by molar-refractivity contribution is 6.33. The first-order chi connectivity index (χ1) is 9.08. The Morgan fingerprint density at radius 3 is 2.58 bits per heavy atom. The van der Waals surface area contributed by atoms with Gasteiger partial charge in [0.1, 0.15) is 5.69 Å². The Hall–Kier alpha value is -1.60. The second-order valence-corrected chi connectivity index (χ2v) is 4.78. The van der Waals surface area contributed by atoms with Crippen molar-refractivity contribution in [2.75, 3.05) is 32.7 Å². The van der Waals surface area contributed by atoms with Crippen LogP contribution < -0.4 is 0 Å². The minimum absolute atomic E-state index is 0.125. The number of carbonyl (C=O) groups excluding carboxylic acids is 1. The van der Waals surface area contributed by atoms with E-state index in [2.05, 4.69) is 10.2 Å². The van der Waals surface area contributed by atoms with E-state index < -0.39 is 5.97 Å². The van der Waals surface area contributed by atoms with E-state index >= 15 is 0 Å². The largest absolute Gasteiger partial charge is 0.481 e. The molecular weight excluding hydrogens is 272 g/mol. The molecule has 7 nitrogen and oxygen atoms in total. The van der Waals surface area contributed by atoms with Crippen LogP contribution in [0.4, 0.5) is 0 Å². The summed E-state index contributed by atoms with van der Waals surface area (Å²) in [6.45, 7) is 2.99. The number of piperazine rings is 1. The topological polar surface area (TPSA) is 89.5 Å². The fourth-order valence-corrected chi connectivity index (χ4v) is 2.18. The van der Waals surface area contributed by atoms with Crippen LogP contribution in [0.5, 0.6) is 0 Å². The molecule has 104 valence electrons. The Morgan fingerprint density at radius 2 is 2.05 bits per heavy atom. The summed E-state index contributed by atoms with van der Waals surface area (Å²) < 4.78 is 0. The molecule has 8 heteroatoms. The predicted molar refractivity (Wildman–Crippen MR) is 68.2 cm³/mol. The second-order valence-electron chi connectivity index (χ2n) is 4.37. The van der Waals surface area contributed by atoms with Gasteiger partial charge in [0.2, 0.25) is 0 Å². The van der Waals surface area contributed by atoms with Gasteiger partial charge in [-0.1, -0.05) is 11.6 Å². The first kappa shape index (κ1) is 13.8. The second kappa shape index (κ2) is 6.03. The third-order valence-corrected chi connectivity index (χ3v) is 3.39. The lowest BCUT2D eigenvalue weighted by Crippen LogP contribution is -2.49. The number of aromatic nitrogens is 2. The maximum absolute atomic E-state index is 12.1. The van der Waals surface area contributed by atoms with Crippen molar-refractivity contribution in [3.63, 3.8) is 0 Å². The highest BCUT2D eigenvalue weighted by atomic mass is 35.5. The van der Waals surface area contributed by atoms with Crippen molar-refractivity contribution in [3.05, 3.63) is 16.9 Å². The Kier molecular flexibility index (Phi) is 4.39. The molecule has 0 atom stereocenters. The van der Waals surface area contributed by atoms with E-state index in [0.717, 1.165) is 0 Å². The number of nitrogens with one attached hydrogen (secondary N) is 1. The summed E-state index contributed by atoms with van der Waals surface area (Å²) in [5.41, 5.74) is 0.306. The van der Waals surface area contributed by atoms with E-state index in [1.54, 1.807) is 4.90 Å². The SMILES string of the molecule is O=C(O)CCN1CCN(C(=O)c2[nH]ncc2Cl)CC1. The molecule has 1 aromatic heterocycles. The molecule has 2 N–H and O–H groups in total. The Bertz CT molecular complexity index is 468. The Labute approximate surface area is 115 Å². The van der Waals surface area contributed by atoms with Crippen molar-refractivity contribution in [2.45, 2.75) is 6.42 Å². The van der Waals surface area contributed by atoms with E-state index in [0.29, 0.717) is 43.4 Å². The van der Waals surface area contributed by atoms with Crippen molar-refractivity contribution in [1.82, 2.24) is 20.0 Å². The average Bonchev–Trinajstić information content (AvgIpc) is 2.82. The number of carboxylic acid groups (broad SMARTS) is 1. The van der Waals surface area contributed by atoms with Crippen LogP contribution in [-0.2, 0) is 4.79 Å². The zero-order valence-corrected chi connectivity index (χ0v) is 11.1. The quantitative estimate of drug-likeness (QED) is 0.831. The number of hydrogen-bond donors (Lipinski definition) is 2. The van der Waals surface area contributed by atoms with Gasteiger partial charge in [0.15, 0.2) is 0 Å². The monoisotopic (exact) mass is 286 g/mol. The first-order valence-corrected chi connectivity index (χ1v) is 6.38. The summed E-state index contributed by atoms with van der Waals surface area (Å²) in [6.07, 6.45) is 1.53. The van der Waals surface area contributed by atoms with Crippen LogP contribution in [0.25, 0.3) is 0 Å². The van der Waals surface area contributed by atoms with Gasteiger partial charge in [-0.25, -0.2) is 0 Å². The van der Waals surface area contributed by atoms with E-state index in [1.807, 2.05) is 4.90 Å². The zero-order valence-electron chi connectivity index (χ0n) is 10.3. The lowest BCUT2D eigenvalue weighted by Gasteiger charge is -2.34. The summed E-state index contributed by atoms with van der Waals surface area (Å²) in [4.78, 5) is 26.3. The van der Waals surface area contributed by atoms with Crippen LogP contribution in [0.2, 0.25) is 5.02 Å². The standard InChI is InChI=1S/C11H15ClN4O3/c12-8-7-13-14-10(8)11(19)16-5-3-15(4-6-16)2-1-9(17)18/h7H,1-6H2,(H,13,14)(H,17,18). The minimum Gasteiger partial charge on any atom is -0.481 e. The summed E-state index contributed by atoms with van der Waals surface area (Å²) in [7, 11) is 0. The third kappa shape index (κ3) is 3.45. The van der Waals surface area contributed by atoms with E-state index in [1.165, 1.54) is 6.20 Å². The molecule has 0 aliphatic carbocycles. The lowest BCUT2D eigenvalue weighted by molar-refractivity contribution is -0.137. The molecule has 2 rings (SSSR count). The van der Waals surface area contributed by atoms with Crippen LogP contribution in [0.3, 0.4) is 0 Å². The normalized spacial score (nSPS) is 16.6. The highest BCUT2D eigenvalue weighted by Gasteiger charge is 2.24. The molecule has 1 aliphatic heterocycles. The van der Waals surface area contributed by atoms with E-state index in [9.17, 15) is 9.59 Å². The first-order valence-electron chi connectivity index (χ1n) is 6.00. The molecular formula is C11H15ClN4O3. The van der Waals surface area contributed by atoms with Crippen LogP contribution >= 0.6 is 11.6 Å². The van der Waals surface area contributed by atoms with Crippen molar-refractivity contribution in [1.29, 1.82) is 0 Å². The summed E-state index contributed by atoms with van der Waals surface area (Å²) in [6, 6.07) is 0. The smallest absolute Gasteiger partial charge is 0.304 e. The molecule has 0 unspecified atom stereocenters. The molecule has 0 saturated carbocycles. The molecule has 0 radical (unpaired) electrons. The number of rotatable bonds is 4. The van der Waals surface area contributed by atoms with Crippen molar-refractivity contribution >= 4 is 23.5 Å². The number of aliphatic carboxylic acids is 1. The summed E-state index contributed by atoms with van der Waals surface area (Å²) in [5, 5.41) is 15.3.